The summed E-state index contributed by atoms with van der Waals surface area (Å²) in [5, 5.41) is 0. The molecule has 3 rings (SSSR count). The fraction of sp³-hybridized carbons (Fsp3) is 0.562. The zero-order valence-electron chi connectivity index (χ0n) is 12.4. The van der Waals surface area contributed by atoms with E-state index < -0.39 is 5.54 Å². The van der Waals surface area contributed by atoms with Crippen LogP contribution in [0.3, 0.4) is 0 Å². The Bertz CT molecular complexity index is 560. The second kappa shape index (κ2) is 5.13. The number of carbonyl (C=O) groups excluding carboxylic acids is 2. The second-order valence-electron chi connectivity index (χ2n) is 6.16. The molecule has 2 fully saturated rings. The van der Waals surface area contributed by atoms with E-state index >= 15 is 0 Å². The minimum Gasteiger partial charge on any atom is -0.467 e. The molecule has 21 heavy (non-hydrogen) atoms. The highest BCUT2D eigenvalue weighted by molar-refractivity contribution is 5.98. The normalized spacial score (nSPS) is 31.0. The van der Waals surface area contributed by atoms with Crippen LogP contribution in [-0.4, -0.2) is 40.5 Å². The number of esters is 1. The van der Waals surface area contributed by atoms with Crippen LogP contribution in [0.1, 0.15) is 43.1 Å². The summed E-state index contributed by atoms with van der Waals surface area (Å²) < 4.78 is 5.00. The van der Waals surface area contributed by atoms with E-state index in [0.717, 1.165) is 12.8 Å². The Morgan fingerprint density at radius 3 is 2.81 bits per heavy atom. The average molecular weight is 288 g/mol. The van der Waals surface area contributed by atoms with E-state index in [-0.39, 0.29) is 17.9 Å². The highest BCUT2D eigenvalue weighted by atomic mass is 16.5. The molecule has 0 radical (unpaired) electrons. The number of carbonyl (C=O) groups is 2. The number of pyridine rings is 1. The van der Waals surface area contributed by atoms with E-state index in [1.165, 1.54) is 7.11 Å². The van der Waals surface area contributed by atoms with Crippen molar-refractivity contribution in [3.63, 3.8) is 0 Å². The molecule has 0 N–H and O–H groups in total. The summed E-state index contributed by atoms with van der Waals surface area (Å²) in [5.41, 5.74) is -0.394. The molecular weight excluding hydrogens is 268 g/mol. The van der Waals surface area contributed by atoms with E-state index in [1.807, 2.05) is 0 Å². The van der Waals surface area contributed by atoms with Gasteiger partial charge in [0, 0.05) is 18.7 Å². The van der Waals surface area contributed by atoms with Gasteiger partial charge in [-0.05, 0) is 37.3 Å². The highest BCUT2D eigenvalue weighted by Gasteiger charge is 2.61. The average Bonchev–Trinajstić information content (AvgIpc) is 2.75. The van der Waals surface area contributed by atoms with Gasteiger partial charge in [0.25, 0.3) is 5.91 Å². The van der Waals surface area contributed by atoms with Gasteiger partial charge >= 0.3 is 5.97 Å². The van der Waals surface area contributed by atoms with E-state index in [9.17, 15) is 9.59 Å². The molecule has 2 heterocycles. The number of likely N-dealkylation sites (tertiary alicyclic amines) is 1. The summed E-state index contributed by atoms with van der Waals surface area (Å²) in [7, 11) is 1.39. The molecule has 2 aliphatic rings. The summed E-state index contributed by atoms with van der Waals surface area (Å²) >= 11 is 0. The van der Waals surface area contributed by atoms with Crippen LogP contribution in [0.5, 0.6) is 0 Å². The van der Waals surface area contributed by atoms with Gasteiger partial charge in [-0.1, -0.05) is 13.0 Å². The molecule has 112 valence electrons. The fourth-order valence-electron chi connectivity index (χ4n) is 3.81. The highest BCUT2D eigenvalue weighted by Crippen LogP contribution is 2.48. The Hall–Kier alpha value is -1.91. The van der Waals surface area contributed by atoms with Crippen LogP contribution in [0.2, 0.25) is 0 Å². The molecule has 5 nitrogen and oxygen atoms in total. The first-order valence-corrected chi connectivity index (χ1v) is 7.41. The van der Waals surface area contributed by atoms with Gasteiger partial charge in [0.2, 0.25) is 0 Å². The van der Waals surface area contributed by atoms with Crippen LogP contribution in [0.4, 0.5) is 0 Å². The maximum atomic E-state index is 12.8. The molecule has 3 atom stereocenters. The molecule has 1 saturated carbocycles. The number of ether oxygens (including phenoxy) is 1. The lowest BCUT2D eigenvalue weighted by Gasteiger charge is -2.55. The van der Waals surface area contributed by atoms with Crippen molar-refractivity contribution >= 4 is 11.9 Å². The van der Waals surface area contributed by atoms with Gasteiger partial charge in [0.05, 0.1) is 7.11 Å². The topological polar surface area (TPSA) is 59.5 Å². The zero-order chi connectivity index (χ0) is 15.0. The van der Waals surface area contributed by atoms with E-state index in [0.29, 0.717) is 24.5 Å². The minimum atomic E-state index is -0.788. The maximum absolute atomic E-state index is 12.8. The van der Waals surface area contributed by atoms with Crippen LogP contribution >= 0.6 is 0 Å². The SMILES string of the molecule is COC(=O)C12CC(C)CCC(C1)N2C(=O)c1ccccn1. The molecule has 1 aliphatic heterocycles. The Morgan fingerprint density at radius 1 is 1.33 bits per heavy atom. The lowest BCUT2D eigenvalue weighted by Crippen LogP contribution is -2.71. The number of methoxy groups -OCH3 is 1. The van der Waals surface area contributed by atoms with Crippen LogP contribution in [0.15, 0.2) is 24.4 Å². The van der Waals surface area contributed by atoms with Gasteiger partial charge in [-0.2, -0.15) is 0 Å². The maximum Gasteiger partial charge on any atom is 0.331 e. The number of hydrogen-bond donors (Lipinski definition) is 0. The first kappa shape index (κ1) is 14.0. The Kier molecular flexibility index (Phi) is 3.43. The summed E-state index contributed by atoms with van der Waals surface area (Å²) in [6.45, 7) is 2.13. The first-order chi connectivity index (χ1) is 10.1. The van der Waals surface area contributed by atoms with E-state index in [1.54, 1.807) is 29.3 Å². The molecule has 1 amide bonds. The summed E-state index contributed by atoms with van der Waals surface area (Å²) in [4.78, 5) is 31.0. The molecule has 5 heteroatoms. The smallest absolute Gasteiger partial charge is 0.331 e. The molecule has 1 aromatic heterocycles. The van der Waals surface area contributed by atoms with Gasteiger partial charge in [0.1, 0.15) is 11.2 Å². The number of hydrogen-bond acceptors (Lipinski definition) is 4. The molecule has 3 unspecified atom stereocenters. The third-order valence-electron chi connectivity index (χ3n) is 4.75. The van der Waals surface area contributed by atoms with Gasteiger partial charge in [-0.25, -0.2) is 4.79 Å². The monoisotopic (exact) mass is 288 g/mol. The molecule has 1 aromatic rings. The standard InChI is InChI=1S/C16H20N2O3/c1-11-6-7-12-10-16(9-11,15(20)21-2)18(12)14(19)13-5-3-4-8-17-13/h3-5,8,11-12H,6-7,9-10H2,1-2H3. The third-order valence-corrected chi connectivity index (χ3v) is 4.75. The predicted octanol–water partition coefficient (Wildman–Crippen LogP) is 2.03. The third kappa shape index (κ3) is 2.11. The Labute approximate surface area is 124 Å². The predicted molar refractivity (Wildman–Crippen MR) is 76.6 cm³/mol. The van der Waals surface area contributed by atoms with Crippen molar-refractivity contribution in [2.24, 2.45) is 5.92 Å². The Morgan fingerprint density at radius 2 is 2.14 bits per heavy atom. The van der Waals surface area contributed by atoms with Gasteiger partial charge < -0.3 is 9.64 Å². The van der Waals surface area contributed by atoms with Crippen molar-refractivity contribution in [1.29, 1.82) is 0 Å². The van der Waals surface area contributed by atoms with Crippen LogP contribution in [0, 0.1) is 5.92 Å². The summed E-state index contributed by atoms with van der Waals surface area (Å²) in [6.07, 6.45) is 4.97. The quantitative estimate of drug-likeness (QED) is 0.781. The summed E-state index contributed by atoms with van der Waals surface area (Å²) in [6, 6.07) is 5.39. The number of rotatable bonds is 2. The molecule has 0 aromatic carbocycles. The van der Waals surface area contributed by atoms with Crippen molar-refractivity contribution in [3.05, 3.63) is 30.1 Å². The van der Waals surface area contributed by atoms with Crippen LogP contribution < -0.4 is 0 Å². The van der Waals surface area contributed by atoms with Crippen molar-refractivity contribution in [1.82, 2.24) is 9.88 Å². The number of aromatic nitrogens is 1. The first-order valence-electron chi connectivity index (χ1n) is 7.41. The molecule has 2 bridgehead atoms. The largest absolute Gasteiger partial charge is 0.467 e. The van der Waals surface area contributed by atoms with E-state index in [4.69, 9.17) is 4.74 Å². The number of amides is 1. The van der Waals surface area contributed by atoms with Crippen molar-refractivity contribution in [2.45, 2.75) is 44.2 Å². The van der Waals surface area contributed by atoms with Gasteiger partial charge in [0.15, 0.2) is 0 Å². The van der Waals surface area contributed by atoms with Crippen molar-refractivity contribution in [3.8, 4) is 0 Å². The second-order valence-corrected chi connectivity index (χ2v) is 6.16. The lowest BCUT2D eigenvalue weighted by atomic mass is 9.75. The number of fused-ring (bicyclic) bond motifs is 2. The van der Waals surface area contributed by atoms with Crippen molar-refractivity contribution in [2.75, 3.05) is 7.11 Å². The van der Waals surface area contributed by atoms with E-state index in [2.05, 4.69) is 11.9 Å². The lowest BCUT2D eigenvalue weighted by molar-refractivity contribution is -0.167. The molecule has 1 saturated heterocycles. The van der Waals surface area contributed by atoms with Crippen molar-refractivity contribution < 1.29 is 14.3 Å². The fourth-order valence-corrected chi connectivity index (χ4v) is 3.81. The van der Waals surface area contributed by atoms with Crippen LogP contribution in [-0.2, 0) is 9.53 Å². The van der Waals surface area contributed by atoms with Gasteiger partial charge in [-0.3, -0.25) is 9.78 Å². The zero-order valence-corrected chi connectivity index (χ0v) is 12.4. The number of nitrogens with zero attached hydrogens (tertiary/aromatic N) is 2. The Balaban J connectivity index is 1.96. The minimum absolute atomic E-state index is 0.128. The molecule has 1 aliphatic carbocycles. The molecular formula is C16H20N2O3. The van der Waals surface area contributed by atoms with Gasteiger partial charge in [-0.15, -0.1) is 0 Å². The van der Waals surface area contributed by atoms with Crippen LogP contribution in [0.25, 0.3) is 0 Å². The molecule has 0 spiro atoms. The summed E-state index contributed by atoms with van der Waals surface area (Å²) in [5.74, 6) is -0.0428.